The summed E-state index contributed by atoms with van der Waals surface area (Å²) in [4.78, 5) is 0. The molecule has 0 spiro atoms. The average molecular weight is 325 g/mol. The molecule has 1 aromatic carbocycles. The molecule has 1 aromatic rings. The van der Waals surface area contributed by atoms with Gasteiger partial charge >= 0.3 is 12.4 Å². The van der Waals surface area contributed by atoms with E-state index in [1.54, 1.807) is 0 Å². The smallest absolute Gasteiger partial charge is 0.330 e. The molecule has 7 heteroatoms. The van der Waals surface area contributed by atoms with E-state index in [9.17, 15) is 26.3 Å². The summed E-state index contributed by atoms with van der Waals surface area (Å²) in [6, 6.07) is 4.57. The lowest BCUT2D eigenvalue weighted by molar-refractivity contribution is -0.253. The average Bonchev–Trinajstić information content (AvgIpc) is 2.86. The van der Waals surface area contributed by atoms with Gasteiger partial charge in [0.2, 0.25) is 0 Å². The van der Waals surface area contributed by atoms with E-state index in [2.05, 4.69) is 0 Å². The van der Waals surface area contributed by atoms with Crippen LogP contribution in [0.2, 0.25) is 0 Å². The summed E-state index contributed by atoms with van der Waals surface area (Å²) in [5.74, 6) is -3.45. The van der Waals surface area contributed by atoms with Crippen LogP contribution < -0.4 is 5.73 Å². The minimum atomic E-state index is -5.36. The van der Waals surface area contributed by atoms with Crippen LogP contribution in [0.15, 0.2) is 24.3 Å². The first kappa shape index (κ1) is 17.1. The van der Waals surface area contributed by atoms with Gasteiger partial charge in [-0.1, -0.05) is 37.1 Å². The second-order valence-corrected chi connectivity index (χ2v) is 5.83. The first-order chi connectivity index (χ1) is 10.1. The normalized spacial score (nSPS) is 18.9. The van der Waals surface area contributed by atoms with E-state index >= 15 is 0 Å². The Labute approximate surface area is 124 Å². The minimum Gasteiger partial charge on any atom is -0.330 e. The highest BCUT2D eigenvalue weighted by Crippen LogP contribution is 2.47. The van der Waals surface area contributed by atoms with Gasteiger partial charge in [-0.3, -0.25) is 0 Å². The van der Waals surface area contributed by atoms with Gasteiger partial charge in [-0.25, -0.2) is 0 Å². The maximum absolute atomic E-state index is 12.7. The van der Waals surface area contributed by atoms with Gasteiger partial charge in [-0.2, -0.15) is 26.3 Å². The third kappa shape index (κ3) is 3.24. The standard InChI is InChI=1S/C15H17F6N/c16-14(17,18)12(15(19,20)21)10-3-5-11(6-4-10)13(9-22)7-1-2-8-13/h3-6,12H,1-2,7-9,22H2. The molecule has 22 heavy (non-hydrogen) atoms. The molecular formula is C15H17F6N. The quantitative estimate of drug-likeness (QED) is 0.803. The van der Waals surface area contributed by atoms with Crippen LogP contribution in [0.4, 0.5) is 26.3 Å². The van der Waals surface area contributed by atoms with Crippen molar-refractivity contribution in [1.82, 2.24) is 0 Å². The highest BCUT2D eigenvalue weighted by Gasteiger charge is 2.57. The highest BCUT2D eigenvalue weighted by atomic mass is 19.4. The molecule has 0 aliphatic heterocycles. The van der Waals surface area contributed by atoms with E-state index in [4.69, 9.17) is 5.73 Å². The van der Waals surface area contributed by atoms with Crippen LogP contribution in [-0.2, 0) is 5.41 Å². The molecule has 124 valence electrons. The Morgan fingerprint density at radius 3 is 1.73 bits per heavy atom. The monoisotopic (exact) mass is 325 g/mol. The molecule has 0 amide bonds. The molecule has 0 saturated heterocycles. The van der Waals surface area contributed by atoms with Crippen LogP contribution in [0.5, 0.6) is 0 Å². The number of nitrogens with two attached hydrogens (primary N) is 1. The molecule has 1 saturated carbocycles. The molecule has 2 N–H and O–H groups in total. The molecule has 0 radical (unpaired) electrons. The lowest BCUT2D eigenvalue weighted by atomic mass is 9.78. The predicted octanol–water partition coefficient (Wildman–Crippen LogP) is 4.67. The third-order valence-electron chi connectivity index (χ3n) is 4.46. The summed E-state index contributed by atoms with van der Waals surface area (Å²) >= 11 is 0. The molecular weight excluding hydrogens is 308 g/mol. The van der Waals surface area contributed by atoms with Crippen molar-refractivity contribution in [3.63, 3.8) is 0 Å². The van der Waals surface area contributed by atoms with E-state index in [1.165, 1.54) is 12.1 Å². The minimum absolute atomic E-state index is 0.315. The predicted molar refractivity (Wildman–Crippen MR) is 70.5 cm³/mol. The van der Waals surface area contributed by atoms with Crippen molar-refractivity contribution in [2.45, 2.75) is 49.4 Å². The number of alkyl halides is 6. The summed E-state index contributed by atoms with van der Waals surface area (Å²) in [7, 11) is 0. The lowest BCUT2D eigenvalue weighted by Gasteiger charge is -2.29. The number of rotatable bonds is 3. The van der Waals surface area contributed by atoms with E-state index in [-0.39, 0.29) is 5.41 Å². The van der Waals surface area contributed by atoms with Crippen LogP contribution in [0.3, 0.4) is 0 Å². The summed E-state index contributed by atoms with van der Waals surface area (Å²) in [5.41, 5.74) is 5.40. The van der Waals surface area contributed by atoms with Crippen LogP contribution in [0.25, 0.3) is 0 Å². The zero-order valence-corrected chi connectivity index (χ0v) is 11.8. The van der Waals surface area contributed by atoms with Crippen molar-refractivity contribution in [2.75, 3.05) is 6.54 Å². The van der Waals surface area contributed by atoms with E-state index in [1.807, 2.05) is 0 Å². The second-order valence-electron chi connectivity index (χ2n) is 5.83. The summed E-state index contributed by atoms with van der Waals surface area (Å²) in [5, 5.41) is 0. The Bertz CT molecular complexity index is 482. The van der Waals surface area contributed by atoms with Gasteiger partial charge in [-0.05, 0) is 24.0 Å². The van der Waals surface area contributed by atoms with Crippen molar-refractivity contribution in [1.29, 1.82) is 0 Å². The zero-order chi connectivity index (χ0) is 16.6. The van der Waals surface area contributed by atoms with Crippen molar-refractivity contribution in [2.24, 2.45) is 5.73 Å². The Kier molecular flexibility index (Phi) is 4.48. The van der Waals surface area contributed by atoms with E-state index in [0.717, 1.165) is 43.4 Å². The van der Waals surface area contributed by atoms with Gasteiger partial charge in [0.15, 0.2) is 5.92 Å². The number of hydrogen-bond acceptors (Lipinski definition) is 1. The van der Waals surface area contributed by atoms with Crippen LogP contribution in [0, 0.1) is 0 Å². The van der Waals surface area contributed by atoms with E-state index < -0.39 is 23.8 Å². The van der Waals surface area contributed by atoms with Crippen LogP contribution >= 0.6 is 0 Å². The zero-order valence-electron chi connectivity index (χ0n) is 11.8. The fraction of sp³-hybridized carbons (Fsp3) is 0.600. The van der Waals surface area contributed by atoms with Gasteiger partial charge in [-0.15, -0.1) is 0 Å². The van der Waals surface area contributed by atoms with E-state index in [0.29, 0.717) is 6.54 Å². The Morgan fingerprint density at radius 1 is 0.909 bits per heavy atom. The van der Waals surface area contributed by atoms with Crippen molar-refractivity contribution in [3.8, 4) is 0 Å². The molecule has 0 atom stereocenters. The maximum Gasteiger partial charge on any atom is 0.404 e. The molecule has 1 aliphatic rings. The summed E-state index contributed by atoms with van der Waals surface area (Å²) in [6.45, 7) is 0.342. The molecule has 1 nitrogen and oxygen atoms in total. The van der Waals surface area contributed by atoms with Crippen molar-refractivity contribution in [3.05, 3.63) is 35.4 Å². The van der Waals surface area contributed by atoms with Crippen molar-refractivity contribution >= 4 is 0 Å². The van der Waals surface area contributed by atoms with Gasteiger partial charge in [0, 0.05) is 12.0 Å². The lowest BCUT2D eigenvalue weighted by Crippen LogP contribution is -2.34. The maximum atomic E-state index is 12.7. The van der Waals surface area contributed by atoms with Crippen LogP contribution in [0.1, 0.15) is 42.7 Å². The molecule has 0 heterocycles. The first-order valence-corrected chi connectivity index (χ1v) is 7.04. The Morgan fingerprint density at radius 2 is 1.36 bits per heavy atom. The van der Waals surface area contributed by atoms with Gasteiger partial charge in [0.25, 0.3) is 0 Å². The largest absolute Gasteiger partial charge is 0.404 e. The van der Waals surface area contributed by atoms with Crippen molar-refractivity contribution < 1.29 is 26.3 Å². The molecule has 0 unspecified atom stereocenters. The molecule has 0 bridgehead atoms. The van der Waals surface area contributed by atoms with Gasteiger partial charge < -0.3 is 5.73 Å². The Balaban J connectivity index is 2.35. The summed E-state index contributed by atoms with van der Waals surface area (Å²) < 4.78 is 76.2. The number of hydrogen-bond donors (Lipinski definition) is 1. The first-order valence-electron chi connectivity index (χ1n) is 7.04. The SMILES string of the molecule is NCC1(c2ccc(C(C(F)(F)F)C(F)(F)F)cc2)CCCC1. The molecule has 1 aliphatic carbocycles. The van der Waals surface area contributed by atoms with Gasteiger partial charge in [0.1, 0.15) is 0 Å². The topological polar surface area (TPSA) is 26.0 Å². The number of benzene rings is 1. The molecule has 1 fully saturated rings. The fourth-order valence-electron chi connectivity index (χ4n) is 3.26. The van der Waals surface area contributed by atoms with Gasteiger partial charge in [0.05, 0.1) is 0 Å². The number of halogens is 6. The molecule has 0 aromatic heterocycles. The van der Waals surface area contributed by atoms with Crippen LogP contribution in [-0.4, -0.2) is 18.9 Å². The molecule has 2 rings (SSSR count). The highest BCUT2D eigenvalue weighted by molar-refractivity contribution is 5.33. The fourth-order valence-corrected chi connectivity index (χ4v) is 3.26. The third-order valence-corrected chi connectivity index (χ3v) is 4.46. The second kappa shape index (κ2) is 5.76. The Hall–Kier alpha value is -1.24. The summed E-state index contributed by atoms with van der Waals surface area (Å²) in [6.07, 6.45) is -7.17.